The lowest BCUT2D eigenvalue weighted by atomic mass is 9.95. The molecule has 0 amide bonds. The van der Waals surface area contributed by atoms with Gasteiger partial charge in [0.2, 0.25) is 6.23 Å². The predicted octanol–water partition coefficient (Wildman–Crippen LogP) is 4.97. The second kappa shape index (κ2) is 9.29. The molecule has 0 unspecified atom stereocenters. The summed E-state index contributed by atoms with van der Waals surface area (Å²) in [6.45, 7) is 0. The highest BCUT2D eigenvalue weighted by Gasteiger charge is 2.42. The van der Waals surface area contributed by atoms with Crippen molar-refractivity contribution < 1.29 is 28.4 Å². The van der Waals surface area contributed by atoms with Gasteiger partial charge in [0.1, 0.15) is 0 Å². The molecule has 0 fully saturated rings. The molecule has 0 N–H and O–H groups in total. The standard InChI is InChI=1S/C27H28N2O6/c1-30-21-11-9-16(13-24(21)33-4)19-15-20-18-7-6-8-23(32-3)26(18)35-27(29(20)28-19)17-10-12-22(31-2)25(14-17)34-5/h6-14,20,27H,15H2,1-5H3/t20-,27-/m0/s1. The SMILES string of the molecule is COc1ccc(C2=NN3[C@@H](C2)c2cccc(OC)c2O[C@H]3c2ccc(OC)c(OC)c2)cc1OC. The molecule has 2 heterocycles. The van der Waals surface area contributed by atoms with Crippen molar-refractivity contribution in [1.82, 2.24) is 5.01 Å². The van der Waals surface area contributed by atoms with Crippen LogP contribution in [0.1, 0.15) is 35.4 Å². The first-order valence-electron chi connectivity index (χ1n) is 11.3. The van der Waals surface area contributed by atoms with Gasteiger partial charge in [-0.3, -0.25) is 0 Å². The summed E-state index contributed by atoms with van der Waals surface area (Å²) >= 11 is 0. The van der Waals surface area contributed by atoms with Crippen molar-refractivity contribution in [3.63, 3.8) is 0 Å². The molecule has 0 aromatic heterocycles. The lowest BCUT2D eigenvalue weighted by Crippen LogP contribution is -2.33. The number of methoxy groups -OCH3 is 5. The number of benzene rings is 3. The maximum Gasteiger partial charge on any atom is 0.214 e. The monoisotopic (exact) mass is 476 g/mol. The molecule has 2 aliphatic rings. The van der Waals surface area contributed by atoms with Gasteiger partial charge in [-0.25, -0.2) is 5.01 Å². The highest BCUT2D eigenvalue weighted by Crippen LogP contribution is 2.51. The van der Waals surface area contributed by atoms with Crippen LogP contribution in [0.4, 0.5) is 0 Å². The predicted molar refractivity (Wildman–Crippen MR) is 131 cm³/mol. The zero-order valence-corrected chi connectivity index (χ0v) is 20.4. The normalized spacial score (nSPS) is 18.1. The fourth-order valence-electron chi connectivity index (χ4n) is 4.66. The van der Waals surface area contributed by atoms with E-state index in [4.69, 9.17) is 33.5 Å². The van der Waals surface area contributed by atoms with Gasteiger partial charge in [0, 0.05) is 23.1 Å². The molecule has 3 aromatic carbocycles. The average molecular weight is 477 g/mol. The van der Waals surface area contributed by atoms with E-state index in [-0.39, 0.29) is 6.04 Å². The van der Waals surface area contributed by atoms with Crippen molar-refractivity contribution in [2.75, 3.05) is 35.5 Å². The quantitative estimate of drug-likeness (QED) is 0.477. The van der Waals surface area contributed by atoms with E-state index in [2.05, 4.69) is 6.07 Å². The third-order valence-corrected chi connectivity index (χ3v) is 6.41. The molecular weight excluding hydrogens is 448 g/mol. The number of rotatable bonds is 7. The minimum absolute atomic E-state index is 0.0324. The number of hydrazone groups is 1. The highest BCUT2D eigenvalue weighted by atomic mass is 16.5. The van der Waals surface area contributed by atoms with Gasteiger partial charge < -0.3 is 28.4 Å². The van der Waals surface area contributed by atoms with Gasteiger partial charge in [0.25, 0.3) is 0 Å². The second-order valence-electron chi connectivity index (χ2n) is 8.18. The van der Waals surface area contributed by atoms with Crippen molar-refractivity contribution in [2.45, 2.75) is 18.7 Å². The van der Waals surface area contributed by atoms with Crippen LogP contribution in [-0.2, 0) is 0 Å². The van der Waals surface area contributed by atoms with Crippen LogP contribution in [0.2, 0.25) is 0 Å². The van der Waals surface area contributed by atoms with E-state index in [1.54, 1.807) is 35.5 Å². The zero-order valence-electron chi connectivity index (χ0n) is 20.4. The summed E-state index contributed by atoms with van der Waals surface area (Å²) in [7, 11) is 8.14. The summed E-state index contributed by atoms with van der Waals surface area (Å²) < 4.78 is 34.1. The molecule has 8 heteroatoms. The van der Waals surface area contributed by atoms with Crippen LogP contribution in [0.25, 0.3) is 0 Å². The molecule has 0 saturated heterocycles. The average Bonchev–Trinajstić information content (AvgIpc) is 3.37. The lowest BCUT2D eigenvalue weighted by molar-refractivity contribution is -0.0210. The molecule has 3 aromatic rings. The van der Waals surface area contributed by atoms with E-state index < -0.39 is 6.23 Å². The Balaban J connectivity index is 1.61. The maximum absolute atomic E-state index is 6.55. The van der Waals surface area contributed by atoms with E-state index in [9.17, 15) is 0 Å². The van der Waals surface area contributed by atoms with Crippen molar-refractivity contribution >= 4 is 5.71 Å². The maximum atomic E-state index is 6.55. The van der Waals surface area contributed by atoms with Gasteiger partial charge in [0.05, 0.1) is 47.3 Å². The van der Waals surface area contributed by atoms with Crippen LogP contribution in [0.3, 0.4) is 0 Å². The van der Waals surface area contributed by atoms with Crippen LogP contribution < -0.4 is 28.4 Å². The van der Waals surface area contributed by atoms with Gasteiger partial charge in [-0.1, -0.05) is 12.1 Å². The number of ether oxygens (including phenoxy) is 6. The Morgan fingerprint density at radius 2 is 1.40 bits per heavy atom. The van der Waals surface area contributed by atoms with Crippen LogP contribution >= 0.6 is 0 Å². The van der Waals surface area contributed by atoms with E-state index in [0.29, 0.717) is 35.2 Å². The summed E-state index contributed by atoms with van der Waals surface area (Å²) in [5, 5.41) is 7.05. The molecule has 182 valence electrons. The third kappa shape index (κ3) is 3.84. The van der Waals surface area contributed by atoms with Crippen LogP contribution in [0, 0.1) is 0 Å². The van der Waals surface area contributed by atoms with E-state index in [1.807, 2.05) is 53.5 Å². The minimum Gasteiger partial charge on any atom is -0.493 e. The summed E-state index contributed by atoms with van der Waals surface area (Å²) in [4.78, 5) is 0. The Kier molecular flexibility index (Phi) is 6.03. The Bertz CT molecular complexity index is 1270. The smallest absolute Gasteiger partial charge is 0.214 e. The Labute approximate surface area is 204 Å². The Hall–Kier alpha value is -4.07. The van der Waals surface area contributed by atoms with Gasteiger partial charge in [-0.05, 0) is 42.5 Å². The molecule has 5 rings (SSSR count). The van der Waals surface area contributed by atoms with Gasteiger partial charge in [0.15, 0.2) is 34.5 Å². The Morgan fingerprint density at radius 3 is 2.09 bits per heavy atom. The van der Waals surface area contributed by atoms with Crippen molar-refractivity contribution in [2.24, 2.45) is 5.10 Å². The van der Waals surface area contributed by atoms with E-state index in [0.717, 1.165) is 28.2 Å². The highest BCUT2D eigenvalue weighted by molar-refractivity contribution is 6.02. The van der Waals surface area contributed by atoms with Crippen molar-refractivity contribution in [3.05, 3.63) is 71.3 Å². The van der Waals surface area contributed by atoms with Crippen LogP contribution in [0.15, 0.2) is 59.7 Å². The van der Waals surface area contributed by atoms with Crippen LogP contribution in [0.5, 0.6) is 34.5 Å². The first-order valence-corrected chi connectivity index (χ1v) is 11.3. The van der Waals surface area contributed by atoms with Gasteiger partial charge >= 0.3 is 0 Å². The summed E-state index contributed by atoms with van der Waals surface area (Å²) in [6.07, 6.45) is 0.212. The second-order valence-corrected chi connectivity index (χ2v) is 8.18. The molecule has 2 atom stereocenters. The Morgan fingerprint density at radius 1 is 0.743 bits per heavy atom. The number of nitrogens with zero attached hydrogens (tertiary/aromatic N) is 2. The lowest BCUT2D eigenvalue weighted by Gasteiger charge is -2.38. The molecule has 0 bridgehead atoms. The topological polar surface area (TPSA) is 71.0 Å². The zero-order chi connectivity index (χ0) is 24.5. The first kappa shape index (κ1) is 22.7. The molecule has 0 radical (unpaired) electrons. The largest absolute Gasteiger partial charge is 0.493 e. The van der Waals surface area contributed by atoms with Crippen molar-refractivity contribution in [3.8, 4) is 34.5 Å². The molecular formula is C27H28N2O6. The third-order valence-electron chi connectivity index (χ3n) is 6.41. The van der Waals surface area contributed by atoms with Gasteiger partial charge in [-0.15, -0.1) is 0 Å². The van der Waals surface area contributed by atoms with Crippen LogP contribution in [-0.4, -0.2) is 46.3 Å². The minimum atomic E-state index is -0.485. The van der Waals surface area contributed by atoms with E-state index >= 15 is 0 Å². The molecule has 8 nitrogen and oxygen atoms in total. The number of hydrogen-bond acceptors (Lipinski definition) is 8. The number of hydrogen-bond donors (Lipinski definition) is 0. The number of fused-ring (bicyclic) bond motifs is 3. The molecule has 2 aliphatic heterocycles. The van der Waals surface area contributed by atoms with E-state index in [1.165, 1.54) is 0 Å². The summed E-state index contributed by atoms with van der Waals surface area (Å²) in [5.74, 6) is 4.02. The molecule has 0 spiro atoms. The molecule has 0 saturated carbocycles. The first-order chi connectivity index (χ1) is 17.1. The van der Waals surface area contributed by atoms with Gasteiger partial charge in [-0.2, -0.15) is 5.10 Å². The molecule has 35 heavy (non-hydrogen) atoms. The summed E-state index contributed by atoms with van der Waals surface area (Å²) in [5.41, 5.74) is 3.81. The number of para-hydroxylation sites is 1. The fourth-order valence-corrected chi connectivity index (χ4v) is 4.66. The molecule has 0 aliphatic carbocycles. The summed E-state index contributed by atoms with van der Waals surface area (Å²) in [6, 6.07) is 17.5. The fraction of sp³-hybridized carbons (Fsp3) is 0.296. The van der Waals surface area contributed by atoms with Crippen molar-refractivity contribution in [1.29, 1.82) is 0 Å².